The van der Waals surface area contributed by atoms with Crippen LogP contribution in [0.5, 0.6) is 5.75 Å². The summed E-state index contributed by atoms with van der Waals surface area (Å²) in [5.74, 6) is 5.16. The summed E-state index contributed by atoms with van der Waals surface area (Å²) in [4.78, 5) is 13.5. The number of benzene rings is 2. The average Bonchev–Trinajstić information content (AvgIpc) is 3.40. The summed E-state index contributed by atoms with van der Waals surface area (Å²) in [6.45, 7) is 7.64. The fourth-order valence-corrected chi connectivity index (χ4v) is 4.48. The van der Waals surface area contributed by atoms with Gasteiger partial charge in [-0.05, 0) is 48.0 Å². The fourth-order valence-electron chi connectivity index (χ4n) is 3.96. The predicted octanol–water partition coefficient (Wildman–Crippen LogP) is 5.76. The maximum Gasteiger partial charge on any atom is 0.227 e. The Balaban J connectivity index is 1.33. The van der Waals surface area contributed by atoms with Crippen LogP contribution >= 0.6 is 0 Å². The molecule has 0 fully saturated rings. The first-order valence-corrected chi connectivity index (χ1v) is 16.7. The van der Waals surface area contributed by atoms with Gasteiger partial charge in [-0.15, -0.1) is 5.54 Å². The topological polar surface area (TPSA) is 114 Å². The second-order valence-corrected chi connectivity index (χ2v) is 15.3. The molecule has 204 valence electrons. The lowest BCUT2D eigenvalue weighted by Crippen LogP contribution is -2.16. The van der Waals surface area contributed by atoms with Crippen LogP contribution in [-0.2, 0) is 7.05 Å². The van der Waals surface area contributed by atoms with Crippen molar-refractivity contribution in [3.8, 4) is 34.4 Å². The zero-order chi connectivity index (χ0) is 28.8. The molecule has 10 heteroatoms. The lowest BCUT2D eigenvalue weighted by atomic mass is 10.1. The van der Waals surface area contributed by atoms with Gasteiger partial charge in [0.2, 0.25) is 5.95 Å². The van der Waals surface area contributed by atoms with Crippen LogP contribution in [0.3, 0.4) is 0 Å². The van der Waals surface area contributed by atoms with E-state index < -0.39 is 8.07 Å². The number of fused-ring (bicyclic) bond motifs is 1. The molecule has 2 aromatic carbocycles. The summed E-state index contributed by atoms with van der Waals surface area (Å²) < 4.78 is 7.85. The summed E-state index contributed by atoms with van der Waals surface area (Å²) in [5.41, 5.74) is 8.44. The molecule has 0 amide bonds. The molecule has 0 spiro atoms. The van der Waals surface area contributed by atoms with E-state index in [2.05, 4.69) is 62.9 Å². The van der Waals surface area contributed by atoms with E-state index in [4.69, 9.17) is 15.0 Å². The minimum absolute atomic E-state index is 0.410. The molecular weight excluding hydrogens is 528 g/mol. The smallest absolute Gasteiger partial charge is 0.227 e. The van der Waals surface area contributed by atoms with E-state index >= 15 is 0 Å². The van der Waals surface area contributed by atoms with Gasteiger partial charge in [0.1, 0.15) is 32.3 Å². The third-order valence-corrected chi connectivity index (χ3v) is 6.81. The van der Waals surface area contributed by atoms with Crippen LogP contribution in [0.2, 0.25) is 19.6 Å². The molecule has 3 heterocycles. The first-order valence-electron chi connectivity index (χ1n) is 13.2. The van der Waals surface area contributed by atoms with Gasteiger partial charge in [0.15, 0.2) is 0 Å². The van der Waals surface area contributed by atoms with Crippen LogP contribution in [0.4, 0.5) is 17.5 Å². The number of nitrogens with zero attached hydrogens (tertiary/aromatic N) is 6. The molecule has 0 radical (unpaired) electrons. The number of rotatable bonds is 8. The fraction of sp³-hybridized carbons (Fsp3) is 0.194. The zero-order valence-electron chi connectivity index (χ0n) is 23.4. The van der Waals surface area contributed by atoms with Crippen molar-refractivity contribution in [1.29, 1.82) is 5.26 Å². The highest BCUT2D eigenvalue weighted by Gasteiger charge is 2.10. The minimum atomic E-state index is -1.46. The third-order valence-electron chi connectivity index (χ3n) is 5.93. The Bertz CT molecular complexity index is 1790. The number of hydrogen-bond acceptors (Lipinski definition) is 8. The van der Waals surface area contributed by atoms with Crippen LogP contribution in [0, 0.1) is 22.8 Å². The second kappa shape index (κ2) is 11.9. The number of hydrogen-bond donors (Lipinski definition) is 2. The number of anilines is 3. The maximum atomic E-state index is 8.94. The molecule has 0 unspecified atom stereocenters. The Morgan fingerprint density at radius 3 is 2.54 bits per heavy atom. The van der Waals surface area contributed by atoms with E-state index in [9.17, 15) is 0 Å². The standard InChI is InChI=1S/C31H30N8OSi/c1-39-21-26(20-36-39)24-14-27(16-28(15-24)40-11-10-33-30-8-6-23(17-32)18-34-30)37-31-35-19-25-13-22(5-7-29(25)38-31)9-12-41(2,3)4/h5-8,13-16,18-21H,10-11H2,1-4H3,(H,33,34)(H,35,37,38). The molecule has 0 aliphatic rings. The molecule has 2 N–H and O–H groups in total. The molecule has 41 heavy (non-hydrogen) atoms. The van der Waals surface area contributed by atoms with Gasteiger partial charge in [-0.2, -0.15) is 10.4 Å². The molecular formula is C31H30N8OSi. The van der Waals surface area contributed by atoms with Gasteiger partial charge in [0.05, 0.1) is 23.8 Å². The van der Waals surface area contributed by atoms with Gasteiger partial charge in [-0.1, -0.05) is 25.6 Å². The van der Waals surface area contributed by atoms with E-state index in [0.29, 0.717) is 36.2 Å². The minimum Gasteiger partial charge on any atom is -0.492 e. The van der Waals surface area contributed by atoms with E-state index in [1.54, 1.807) is 16.8 Å². The third kappa shape index (κ3) is 7.47. The van der Waals surface area contributed by atoms with Gasteiger partial charge in [0.25, 0.3) is 0 Å². The number of aryl methyl sites for hydroxylation is 1. The summed E-state index contributed by atoms with van der Waals surface area (Å²) in [6, 6.07) is 17.5. The summed E-state index contributed by atoms with van der Waals surface area (Å²) >= 11 is 0. The average molecular weight is 559 g/mol. The molecule has 0 aliphatic carbocycles. The van der Waals surface area contributed by atoms with Crippen molar-refractivity contribution in [1.82, 2.24) is 24.7 Å². The van der Waals surface area contributed by atoms with Gasteiger partial charge in [-0.25, -0.2) is 15.0 Å². The van der Waals surface area contributed by atoms with Crippen LogP contribution in [0.1, 0.15) is 11.1 Å². The van der Waals surface area contributed by atoms with E-state index in [-0.39, 0.29) is 0 Å². The van der Waals surface area contributed by atoms with Crippen molar-refractivity contribution < 1.29 is 4.74 Å². The van der Waals surface area contributed by atoms with Crippen molar-refractivity contribution in [2.45, 2.75) is 19.6 Å². The summed E-state index contributed by atoms with van der Waals surface area (Å²) in [7, 11) is 0.430. The van der Waals surface area contributed by atoms with Crippen molar-refractivity contribution in [3.05, 3.63) is 84.4 Å². The highest BCUT2D eigenvalue weighted by molar-refractivity contribution is 6.83. The van der Waals surface area contributed by atoms with Gasteiger partial charge >= 0.3 is 0 Å². The molecule has 0 saturated carbocycles. The highest BCUT2D eigenvalue weighted by Crippen LogP contribution is 2.30. The number of aromatic nitrogens is 5. The largest absolute Gasteiger partial charge is 0.492 e. The van der Waals surface area contributed by atoms with Crippen molar-refractivity contribution >= 4 is 36.4 Å². The second-order valence-electron chi connectivity index (χ2n) is 10.6. The van der Waals surface area contributed by atoms with E-state index in [0.717, 1.165) is 33.3 Å². The Labute approximate surface area is 240 Å². The normalized spacial score (nSPS) is 10.9. The quantitative estimate of drug-likeness (QED) is 0.140. The highest BCUT2D eigenvalue weighted by atomic mass is 28.3. The van der Waals surface area contributed by atoms with E-state index in [1.807, 2.05) is 62.0 Å². The molecule has 0 bridgehead atoms. The van der Waals surface area contributed by atoms with Gasteiger partial charge in [-0.3, -0.25) is 4.68 Å². The lowest BCUT2D eigenvalue weighted by Gasteiger charge is -2.13. The van der Waals surface area contributed by atoms with Crippen molar-refractivity contribution in [2.75, 3.05) is 23.8 Å². The molecule has 3 aromatic heterocycles. The van der Waals surface area contributed by atoms with Crippen molar-refractivity contribution in [2.24, 2.45) is 7.05 Å². The maximum absolute atomic E-state index is 8.94. The molecule has 0 saturated heterocycles. The first kappa shape index (κ1) is 27.4. The summed E-state index contributed by atoms with van der Waals surface area (Å²) in [5, 5.41) is 20.7. The number of nitrogens with one attached hydrogen (secondary N) is 2. The monoisotopic (exact) mass is 558 g/mol. The zero-order valence-corrected chi connectivity index (χ0v) is 24.4. The predicted molar refractivity (Wildman–Crippen MR) is 165 cm³/mol. The van der Waals surface area contributed by atoms with Gasteiger partial charge in [0, 0.05) is 53.9 Å². The molecule has 0 atom stereocenters. The Hall–Kier alpha value is -5.19. The Morgan fingerprint density at radius 2 is 1.80 bits per heavy atom. The number of pyridine rings is 1. The van der Waals surface area contributed by atoms with Crippen LogP contribution in [0.15, 0.2) is 73.3 Å². The summed E-state index contributed by atoms with van der Waals surface area (Å²) in [6.07, 6.45) is 7.12. The van der Waals surface area contributed by atoms with Gasteiger partial charge < -0.3 is 15.4 Å². The molecule has 0 aliphatic heterocycles. The van der Waals surface area contributed by atoms with Crippen LogP contribution in [-0.4, -0.2) is 46.0 Å². The Kier molecular flexibility index (Phi) is 7.95. The van der Waals surface area contributed by atoms with E-state index in [1.165, 1.54) is 6.20 Å². The van der Waals surface area contributed by atoms with Crippen LogP contribution in [0.25, 0.3) is 22.0 Å². The number of nitriles is 1. The number of ether oxygens (including phenoxy) is 1. The first-order chi connectivity index (χ1) is 19.7. The molecule has 5 aromatic rings. The SMILES string of the molecule is Cn1cc(-c2cc(Nc3ncc4cc(C#C[Si](C)(C)C)ccc4n3)cc(OCCNc3ccc(C#N)cn3)c2)cn1. The van der Waals surface area contributed by atoms with Crippen molar-refractivity contribution in [3.63, 3.8) is 0 Å². The molecule has 5 rings (SSSR count). The molecule has 9 nitrogen and oxygen atoms in total. The lowest BCUT2D eigenvalue weighted by molar-refractivity contribution is 0.333. The Morgan fingerprint density at radius 1 is 0.951 bits per heavy atom. The van der Waals surface area contributed by atoms with Crippen LogP contribution < -0.4 is 15.4 Å².